The van der Waals surface area contributed by atoms with Crippen molar-refractivity contribution in [2.24, 2.45) is 0 Å². The number of aldehydes is 1. The van der Waals surface area contributed by atoms with Gasteiger partial charge in [-0.3, -0.25) is 14.4 Å². The van der Waals surface area contributed by atoms with Crippen molar-refractivity contribution in [2.45, 2.75) is 6.92 Å². The van der Waals surface area contributed by atoms with E-state index in [9.17, 15) is 14.4 Å². The number of benzene rings is 1. The van der Waals surface area contributed by atoms with Crippen LogP contribution < -0.4 is 10.6 Å². The number of hydrogen-bond acceptors (Lipinski definition) is 3. The van der Waals surface area contributed by atoms with E-state index in [1.807, 2.05) is 6.92 Å². The molecule has 1 aromatic rings. The molecule has 0 aliphatic heterocycles. The van der Waals surface area contributed by atoms with Gasteiger partial charge >= 0.3 is 0 Å². The van der Waals surface area contributed by atoms with Crippen LogP contribution in [0.2, 0.25) is 0 Å². The number of hydrogen-bond donors (Lipinski definition) is 2. The van der Waals surface area contributed by atoms with Crippen molar-refractivity contribution in [1.29, 1.82) is 0 Å². The lowest BCUT2D eigenvalue weighted by atomic mass is 10.2. The normalized spacial score (nSPS) is 9.13. The molecule has 1 aromatic carbocycles. The van der Waals surface area contributed by atoms with Crippen molar-refractivity contribution < 1.29 is 14.4 Å². The maximum atomic E-state index is 10.8. The third-order valence-corrected chi connectivity index (χ3v) is 1.75. The quantitative estimate of drug-likeness (QED) is 0.562. The molecule has 5 nitrogen and oxygen atoms in total. The predicted octanol–water partition coefficient (Wildman–Crippen LogP) is 0.701. The van der Waals surface area contributed by atoms with Gasteiger partial charge in [-0.15, -0.1) is 0 Å². The maximum absolute atomic E-state index is 10.8. The molecule has 78 valence electrons. The molecule has 0 atom stereocenters. The van der Waals surface area contributed by atoms with E-state index in [-0.39, 0.29) is 6.29 Å². The Morgan fingerprint density at radius 2 is 2.00 bits per heavy atom. The number of carbonyl (C=O) groups is 3. The van der Waals surface area contributed by atoms with Crippen LogP contribution in [0.1, 0.15) is 5.56 Å². The van der Waals surface area contributed by atoms with Crippen molar-refractivity contribution in [1.82, 2.24) is 0 Å². The Balaban J connectivity index is 2.99. The molecule has 0 heterocycles. The van der Waals surface area contributed by atoms with E-state index >= 15 is 0 Å². The molecule has 1 rings (SSSR count). The second-order valence-corrected chi connectivity index (χ2v) is 2.92. The van der Waals surface area contributed by atoms with E-state index in [1.165, 1.54) is 0 Å². The Morgan fingerprint density at radius 1 is 1.27 bits per heavy atom. The molecule has 0 saturated heterocycles. The van der Waals surface area contributed by atoms with Crippen LogP contribution in [-0.2, 0) is 14.4 Å². The Labute approximate surface area is 86.5 Å². The Hall–Kier alpha value is -2.17. The summed E-state index contributed by atoms with van der Waals surface area (Å²) in [4.78, 5) is 31.3. The number of amides is 2. The van der Waals surface area contributed by atoms with Gasteiger partial charge in [0, 0.05) is 0 Å². The Kier molecular flexibility index (Phi) is 3.56. The number of carbonyl (C=O) groups excluding carboxylic acids is 3. The number of aryl methyl sites for hydroxylation is 1. The lowest BCUT2D eigenvalue weighted by Gasteiger charge is -2.08. The van der Waals surface area contributed by atoms with Gasteiger partial charge < -0.3 is 10.6 Å². The van der Waals surface area contributed by atoms with Crippen LogP contribution in [0.5, 0.6) is 0 Å². The molecule has 0 aromatic heterocycles. The molecule has 0 aliphatic carbocycles. The van der Waals surface area contributed by atoms with E-state index in [0.29, 0.717) is 17.8 Å². The fourth-order valence-corrected chi connectivity index (χ4v) is 1.11. The molecular weight excluding hydrogens is 196 g/mol. The number of rotatable bonds is 4. The fraction of sp³-hybridized carbons (Fsp3) is 0.100. The summed E-state index contributed by atoms with van der Waals surface area (Å²) in [6, 6.07) is 5.06. The SMILES string of the molecule is Cc1ccc(NC(=O)C=O)c(NC=O)c1. The second kappa shape index (κ2) is 4.90. The van der Waals surface area contributed by atoms with Crippen LogP contribution in [0.25, 0.3) is 0 Å². The third kappa shape index (κ3) is 2.91. The van der Waals surface area contributed by atoms with Gasteiger partial charge in [-0.05, 0) is 24.6 Å². The molecular formula is C10H10N2O3. The van der Waals surface area contributed by atoms with Gasteiger partial charge in [-0.2, -0.15) is 0 Å². The molecule has 0 unspecified atom stereocenters. The van der Waals surface area contributed by atoms with Gasteiger partial charge in [0.1, 0.15) is 0 Å². The summed E-state index contributed by atoms with van der Waals surface area (Å²) in [5.41, 5.74) is 1.79. The largest absolute Gasteiger partial charge is 0.327 e. The summed E-state index contributed by atoms with van der Waals surface area (Å²) in [6.07, 6.45) is 0.676. The highest BCUT2D eigenvalue weighted by atomic mass is 16.2. The lowest BCUT2D eigenvalue weighted by Crippen LogP contribution is -2.13. The summed E-state index contributed by atoms with van der Waals surface area (Å²) >= 11 is 0. The molecule has 0 aliphatic rings. The predicted molar refractivity (Wildman–Crippen MR) is 55.6 cm³/mol. The van der Waals surface area contributed by atoms with Crippen LogP contribution in [0, 0.1) is 6.92 Å². The van der Waals surface area contributed by atoms with E-state index < -0.39 is 5.91 Å². The highest BCUT2D eigenvalue weighted by Crippen LogP contribution is 2.22. The third-order valence-electron chi connectivity index (χ3n) is 1.75. The highest BCUT2D eigenvalue weighted by Gasteiger charge is 2.05. The van der Waals surface area contributed by atoms with Crippen LogP contribution in [0.15, 0.2) is 18.2 Å². The summed E-state index contributed by atoms with van der Waals surface area (Å²) in [5.74, 6) is -0.757. The second-order valence-electron chi connectivity index (χ2n) is 2.92. The zero-order valence-electron chi connectivity index (χ0n) is 8.11. The zero-order chi connectivity index (χ0) is 11.3. The molecule has 15 heavy (non-hydrogen) atoms. The maximum Gasteiger partial charge on any atom is 0.288 e. The van der Waals surface area contributed by atoms with Gasteiger partial charge in [-0.1, -0.05) is 6.07 Å². The van der Waals surface area contributed by atoms with Crippen molar-refractivity contribution in [2.75, 3.05) is 10.6 Å². The van der Waals surface area contributed by atoms with Gasteiger partial charge in [0.05, 0.1) is 11.4 Å². The summed E-state index contributed by atoms with van der Waals surface area (Å²) < 4.78 is 0. The molecule has 0 bridgehead atoms. The first-order valence-corrected chi connectivity index (χ1v) is 4.24. The van der Waals surface area contributed by atoms with E-state index in [0.717, 1.165) is 5.56 Å². The molecule has 0 radical (unpaired) electrons. The zero-order valence-corrected chi connectivity index (χ0v) is 8.11. The molecule has 5 heteroatoms. The van der Waals surface area contributed by atoms with E-state index in [1.54, 1.807) is 18.2 Å². The average Bonchev–Trinajstić information content (AvgIpc) is 2.22. The van der Waals surface area contributed by atoms with Gasteiger partial charge in [0.25, 0.3) is 5.91 Å². The van der Waals surface area contributed by atoms with Gasteiger partial charge in [0.2, 0.25) is 12.7 Å². The first-order chi connectivity index (χ1) is 7.17. The minimum absolute atomic E-state index is 0.171. The molecule has 0 saturated carbocycles. The summed E-state index contributed by atoms with van der Waals surface area (Å²) in [7, 11) is 0. The number of nitrogens with one attached hydrogen (secondary N) is 2. The first-order valence-electron chi connectivity index (χ1n) is 4.24. The van der Waals surface area contributed by atoms with Crippen LogP contribution in [0.4, 0.5) is 11.4 Å². The number of anilines is 2. The standard InChI is InChI=1S/C10H10N2O3/c1-7-2-3-8(12-10(15)5-13)9(4-7)11-6-14/h2-6H,1H3,(H,11,14)(H,12,15). The van der Waals surface area contributed by atoms with E-state index in [2.05, 4.69) is 10.6 Å². The van der Waals surface area contributed by atoms with Crippen LogP contribution in [-0.4, -0.2) is 18.6 Å². The van der Waals surface area contributed by atoms with Crippen molar-refractivity contribution in [3.8, 4) is 0 Å². The van der Waals surface area contributed by atoms with Crippen molar-refractivity contribution in [3.63, 3.8) is 0 Å². The minimum Gasteiger partial charge on any atom is -0.327 e. The average molecular weight is 206 g/mol. The minimum atomic E-state index is -0.757. The monoisotopic (exact) mass is 206 g/mol. The smallest absolute Gasteiger partial charge is 0.288 e. The van der Waals surface area contributed by atoms with Crippen molar-refractivity contribution in [3.05, 3.63) is 23.8 Å². The van der Waals surface area contributed by atoms with Gasteiger partial charge in [-0.25, -0.2) is 0 Å². The van der Waals surface area contributed by atoms with Crippen molar-refractivity contribution >= 4 is 30.0 Å². The topological polar surface area (TPSA) is 75.3 Å². The molecule has 2 N–H and O–H groups in total. The molecule has 0 spiro atoms. The summed E-state index contributed by atoms with van der Waals surface area (Å²) in [6.45, 7) is 1.85. The Bertz CT molecular complexity index is 402. The molecule has 2 amide bonds. The van der Waals surface area contributed by atoms with Gasteiger partial charge in [0.15, 0.2) is 0 Å². The fourth-order valence-electron chi connectivity index (χ4n) is 1.11. The van der Waals surface area contributed by atoms with Crippen LogP contribution >= 0.6 is 0 Å². The van der Waals surface area contributed by atoms with E-state index in [4.69, 9.17) is 0 Å². The molecule has 0 fully saturated rings. The lowest BCUT2D eigenvalue weighted by molar-refractivity contribution is -0.127. The first kappa shape index (κ1) is 10.9. The summed E-state index contributed by atoms with van der Waals surface area (Å²) in [5, 5.41) is 4.78. The Morgan fingerprint density at radius 3 is 2.60 bits per heavy atom. The van der Waals surface area contributed by atoms with Crippen LogP contribution in [0.3, 0.4) is 0 Å². The highest BCUT2D eigenvalue weighted by molar-refractivity contribution is 6.30.